The van der Waals surface area contributed by atoms with Crippen molar-refractivity contribution in [2.45, 2.75) is 64.3 Å². The van der Waals surface area contributed by atoms with Gasteiger partial charge in [0.15, 0.2) is 0 Å². The van der Waals surface area contributed by atoms with E-state index in [1.165, 1.54) is 25.7 Å². The molecule has 0 radical (unpaired) electrons. The number of carboxylic acid groups (broad SMARTS) is 1. The maximum absolute atomic E-state index is 10.3. The number of hydrogen-bond acceptors (Lipinski definition) is 2. The summed E-state index contributed by atoms with van der Waals surface area (Å²) in [7, 11) is 0. The Bertz CT molecular complexity index is 198. The minimum atomic E-state index is -0.672. The van der Waals surface area contributed by atoms with Crippen LogP contribution < -0.4 is 5.32 Å². The number of hydrogen-bond donors (Lipinski definition) is 2. The Morgan fingerprint density at radius 2 is 1.88 bits per heavy atom. The molecule has 0 heterocycles. The third-order valence-corrected chi connectivity index (χ3v) is 3.52. The van der Waals surface area contributed by atoms with E-state index >= 15 is 0 Å². The highest BCUT2D eigenvalue weighted by atomic mass is 16.4. The van der Waals surface area contributed by atoms with Crippen LogP contribution >= 0.6 is 0 Å². The van der Waals surface area contributed by atoms with E-state index in [2.05, 4.69) is 12.2 Å². The highest BCUT2D eigenvalue weighted by Crippen LogP contribution is 2.23. The molecule has 3 nitrogen and oxygen atoms in total. The first-order valence-corrected chi connectivity index (χ1v) is 6.63. The summed E-state index contributed by atoms with van der Waals surface area (Å²) >= 11 is 0. The van der Waals surface area contributed by atoms with Gasteiger partial charge >= 0.3 is 5.97 Å². The lowest BCUT2D eigenvalue weighted by Crippen LogP contribution is -2.33. The monoisotopic (exact) mass is 227 g/mol. The largest absolute Gasteiger partial charge is 0.481 e. The first-order chi connectivity index (χ1) is 7.68. The third kappa shape index (κ3) is 6.11. The Morgan fingerprint density at radius 1 is 1.19 bits per heavy atom. The second-order valence-corrected chi connectivity index (χ2v) is 5.12. The molecular weight excluding hydrogens is 202 g/mol. The Kier molecular flexibility index (Phi) is 6.46. The van der Waals surface area contributed by atoms with Crippen molar-refractivity contribution in [3.05, 3.63) is 0 Å². The first-order valence-electron chi connectivity index (χ1n) is 6.63. The lowest BCUT2D eigenvalue weighted by molar-refractivity contribution is -0.137. The van der Waals surface area contributed by atoms with Gasteiger partial charge in [-0.15, -0.1) is 0 Å². The Hall–Kier alpha value is -0.570. The predicted molar refractivity (Wildman–Crippen MR) is 65.5 cm³/mol. The van der Waals surface area contributed by atoms with Crippen molar-refractivity contribution in [2.75, 3.05) is 6.54 Å². The quantitative estimate of drug-likeness (QED) is 0.657. The lowest BCUT2D eigenvalue weighted by Gasteiger charge is -2.27. The molecule has 0 bridgehead atoms. The van der Waals surface area contributed by atoms with Gasteiger partial charge in [-0.1, -0.05) is 13.3 Å². The number of unbranched alkanes of at least 4 members (excludes halogenated alkanes) is 2. The van der Waals surface area contributed by atoms with Crippen molar-refractivity contribution in [2.24, 2.45) is 5.92 Å². The van der Waals surface area contributed by atoms with E-state index < -0.39 is 5.97 Å². The Balaban J connectivity index is 1.89. The number of carbonyl (C=O) groups is 1. The van der Waals surface area contributed by atoms with Gasteiger partial charge in [0.25, 0.3) is 0 Å². The van der Waals surface area contributed by atoms with Crippen molar-refractivity contribution in [1.82, 2.24) is 5.32 Å². The van der Waals surface area contributed by atoms with Crippen LogP contribution in [-0.4, -0.2) is 23.7 Å². The van der Waals surface area contributed by atoms with Gasteiger partial charge in [0.1, 0.15) is 0 Å². The second kappa shape index (κ2) is 7.66. The van der Waals surface area contributed by atoms with Gasteiger partial charge in [-0.3, -0.25) is 4.79 Å². The normalized spacial score (nSPS) is 25.6. The standard InChI is InChI=1S/C13H25NO2/c1-11-6-8-12(9-7-11)14-10-4-2-3-5-13(15)16/h11-12,14H,2-10H2,1H3,(H,15,16). The molecule has 0 aromatic rings. The van der Waals surface area contributed by atoms with Crippen molar-refractivity contribution in [3.8, 4) is 0 Å². The lowest BCUT2D eigenvalue weighted by atomic mass is 9.87. The number of nitrogens with one attached hydrogen (secondary N) is 1. The third-order valence-electron chi connectivity index (χ3n) is 3.52. The number of rotatable bonds is 7. The summed E-state index contributed by atoms with van der Waals surface area (Å²) in [6.07, 6.45) is 8.63. The van der Waals surface area contributed by atoms with Gasteiger partial charge in [0.05, 0.1) is 0 Å². The molecule has 0 aliphatic heterocycles. The average Bonchev–Trinajstić information content (AvgIpc) is 2.25. The van der Waals surface area contributed by atoms with Crippen LogP contribution in [0.3, 0.4) is 0 Å². The van der Waals surface area contributed by atoms with Gasteiger partial charge in [-0.25, -0.2) is 0 Å². The molecule has 0 unspecified atom stereocenters. The maximum atomic E-state index is 10.3. The summed E-state index contributed by atoms with van der Waals surface area (Å²) < 4.78 is 0. The molecule has 94 valence electrons. The summed E-state index contributed by atoms with van der Waals surface area (Å²) in [6.45, 7) is 3.39. The van der Waals surface area contributed by atoms with E-state index in [9.17, 15) is 4.79 Å². The molecule has 0 aromatic heterocycles. The van der Waals surface area contributed by atoms with Crippen LogP contribution in [0.15, 0.2) is 0 Å². The van der Waals surface area contributed by atoms with E-state index in [1.54, 1.807) is 0 Å². The van der Waals surface area contributed by atoms with Gasteiger partial charge in [0, 0.05) is 12.5 Å². The topological polar surface area (TPSA) is 49.3 Å². The van der Waals surface area contributed by atoms with Crippen molar-refractivity contribution >= 4 is 5.97 Å². The van der Waals surface area contributed by atoms with Gasteiger partial charge in [-0.05, 0) is 51.0 Å². The van der Waals surface area contributed by atoms with E-state index in [0.29, 0.717) is 6.42 Å². The fraction of sp³-hybridized carbons (Fsp3) is 0.923. The fourth-order valence-corrected chi connectivity index (χ4v) is 2.35. The van der Waals surface area contributed by atoms with Gasteiger partial charge in [0.2, 0.25) is 0 Å². The molecule has 0 saturated heterocycles. The van der Waals surface area contributed by atoms with Gasteiger partial charge in [-0.2, -0.15) is 0 Å². The molecule has 3 heteroatoms. The molecule has 0 spiro atoms. The highest BCUT2D eigenvalue weighted by Gasteiger charge is 2.16. The number of carboxylic acids is 1. The van der Waals surface area contributed by atoms with Gasteiger partial charge < -0.3 is 10.4 Å². The minimum absolute atomic E-state index is 0.320. The van der Waals surface area contributed by atoms with E-state index in [0.717, 1.165) is 37.8 Å². The molecule has 1 aliphatic rings. The van der Waals surface area contributed by atoms with Crippen LogP contribution in [0.2, 0.25) is 0 Å². The first kappa shape index (κ1) is 13.5. The summed E-state index contributed by atoms with van der Waals surface area (Å²) in [4.78, 5) is 10.3. The highest BCUT2D eigenvalue weighted by molar-refractivity contribution is 5.66. The van der Waals surface area contributed by atoms with Crippen LogP contribution in [0.1, 0.15) is 58.3 Å². The predicted octanol–water partition coefficient (Wildman–Crippen LogP) is 2.80. The molecule has 0 aromatic carbocycles. The molecule has 2 N–H and O–H groups in total. The maximum Gasteiger partial charge on any atom is 0.303 e. The minimum Gasteiger partial charge on any atom is -0.481 e. The SMILES string of the molecule is CC1CCC(NCCCCCC(=O)O)CC1. The fourth-order valence-electron chi connectivity index (χ4n) is 2.35. The van der Waals surface area contributed by atoms with Crippen molar-refractivity contribution in [1.29, 1.82) is 0 Å². The Morgan fingerprint density at radius 3 is 2.50 bits per heavy atom. The number of aliphatic carboxylic acids is 1. The van der Waals surface area contributed by atoms with E-state index in [4.69, 9.17) is 5.11 Å². The second-order valence-electron chi connectivity index (χ2n) is 5.12. The average molecular weight is 227 g/mol. The smallest absolute Gasteiger partial charge is 0.303 e. The van der Waals surface area contributed by atoms with Crippen molar-refractivity contribution in [3.63, 3.8) is 0 Å². The van der Waals surface area contributed by atoms with Crippen molar-refractivity contribution < 1.29 is 9.90 Å². The molecule has 1 saturated carbocycles. The molecule has 1 aliphatic carbocycles. The summed E-state index contributed by atoms with van der Waals surface area (Å²) in [6, 6.07) is 0.718. The zero-order valence-electron chi connectivity index (χ0n) is 10.4. The summed E-state index contributed by atoms with van der Waals surface area (Å²) in [5.74, 6) is 0.239. The molecule has 1 fully saturated rings. The van der Waals surface area contributed by atoms with Crippen LogP contribution in [0.4, 0.5) is 0 Å². The van der Waals surface area contributed by atoms with Crippen LogP contribution in [0, 0.1) is 5.92 Å². The van der Waals surface area contributed by atoms with Crippen LogP contribution in [-0.2, 0) is 4.79 Å². The van der Waals surface area contributed by atoms with Crippen LogP contribution in [0.25, 0.3) is 0 Å². The molecule has 1 rings (SSSR count). The molecule has 0 atom stereocenters. The molecular formula is C13H25NO2. The summed E-state index contributed by atoms with van der Waals surface area (Å²) in [5.41, 5.74) is 0. The zero-order valence-corrected chi connectivity index (χ0v) is 10.4. The van der Waals surface area contributed by atoms with E-state index in [1.807, 2.05) is 0 Å². The van der Waals surface area contributed by atoms with Crippen LogP contribution in [0.5, 0.6) is 0 Å². The molecule has 16 heavy (non-hydrogen) atoms. The zero-order chi connectivity index (χ0) is 11.8. The Labute approximate surface area is 98.6 Å². The van der Waals surface area contributed by atoms with E-state index in [-0.39, 0.29) is 0 Å². The summed E-state index contributed by atoms with van der Waals surface area (Å²) in [5, 5.41) is 12.1. The molecule has 0 amide bonds.